The highest BCUT2D eigenvalue weighted by Gasteiger charge is 2.47. The van der Waals surface area contributed by atoms with Crippen LogP contribution in [0.3, 0.4) is 0 Å². The standard InChI is InChI=1S/C16H18O9/c17-10-11(18)13(15(22)23)25-16(12(10)19)24-7-9(14(20)21)6-8-4-2-1-3-5-8/h1-6,10-13,16-19H,7H2,(H,20,21)(H,22,23)/b9-6-. The molecule has 0 radical (unpaired) electrons. The van der Waals surface area contributed by atoms with Gasteiger partial charge >= 0.3 is 11.9 Å². The molecule has 5 N–H and O–H groups in total. The van der Waals surface area contributed by atoms with Gasteiger partial charge in [-0.1, -0.05) is 30.3 Å². The van der Waals surface area contributed by atoms with Crippen molar-refractivity contribution in [1.29, 1.82) is 0 Å². The first-order chi connectivity index (χ1) is 11.8. The van der Waals surface area contributed by atoms with Crippen LogP contribution in [0.4, 0.5) is 0 Å². The Bertz CT molecular complexity index is 642. The van der Waals surface area contributed by atoms with Crippen LogP contribution in [-0.2, 0) is 19.1 Å². The third kappa shape index (κ3) is 4.62. The van der Waals surface area contributed by atoms with Crippen LogP contribution in [0.1, 0.15) is 5.56 Å². The Morgan fingerprint density at radius 1 is 1.04 bits per heavy atom. The number of carboxylic acid groups (broad SMARTS) is 2. The summed E-state index contributed by atoms with van der Waals surface area (Å²) in [5, 5.41) is 47.3. The largest absolute Gasteiger partial charge is 0.479 e. The fourth-order valence-corrected chi connectivity index (χ4v) is 2.28. The van der Waals surface area contributed by atoms with E-state index in [1.807, 2.05) is 0 Å². The van der Waals surface area contributed by atoms with Gasteiger partial charge in [-0.2, -0.15) is 0 Å². The molecule has 0 amide bonds. The van der Waals surface area contributed by atoms with Crippen LogP contribution in [-0.4, -0.2) is 74.8 Å². The van der Waals surface area contributed by atoms with Gasteiger partial charge in [-0.05, 0) is 11.6 Å². The Morgan fingerprint density at radius 2 is 1.68 bits per heavy atom. The number of aliphatic carboxylic acids is 2. The molecule has 1 aliphatic rings. The minimum atomic E-state index is -1.84. The molecule has 9 nitrogen and oxygen atoms in total. The Kier molecular flexibility index (Phi) is 6.23. The molecule has 9 heteroatoms. The van der Waals surface area contributed by atoms with Crippen molar-refractivity contribution in [3.05, 3.63) is 41.5 Å². The van der Waals surface area contributed by atoms with E-state index in [1.54, 1.807) is 30.3 Å². The molecule has 5 atom stereocenters. The van der Waals surface area contributed by atoms with Crippen molar-refractivity contribution in [3.8, 4) is 0 Å². The number of carboxylic acids is 2. The molecule has 0 aromatic heterocycles. The van der Waals surface area contributed by atoms with E-state index in [0.29, 0.717) is 5.56 Å². The predicted octanol–water partition coefficient (Wildman–Crippen LogP) is -0.937. The molecule has 0 spiro atoms. The SMILES string of the molecule is O=C(O)/C(=C\c1ccccc1)COC1OC(C(=O)O)C(O)C(O)C1O. The number of rotatable bonds is 6. The summed E-state index contributed by atoms with van der Waals surface area (Å²) < 4.78 is 10.1. The highest BCUT2D eigenvalue weighted by atomic mass is 16.7. The van der Waals surface area contributed by atoms with Gasteiger partial charge < -0.3 is 35.0 Å². The highest BCUT2D eigenvalue weighted by molar-refractivity contribution is 5.92. The van der Waals surface area contributed by atoms with Crippen molar-refractivity contribution < 1.29 is 44.6 Å². The van der Waals surface area contributed by atoms with Crippen LogP contribution in [0.25, 0.3) is 6.08 Å². The maximum atomic E-state index is 11.3. The first-order valence-electron chi connectivity index (χ1n) is 7.34. The number of hydrogen-bond acceptors (Lipinski definition) is 7. The van der Waals surface area contributed by atoms with Crippen LogP contribution in [0.2, 0.25) is 0 Å². The Morgan fingerprint density at radius 3 is 2.24 bits per heavy atom. The zero-order valence-electron chi connectivity index (χ0n) is 12.9. The van der Waals surface area contributed by atoms with Crippen LogP contribution in [0, 0.1) is 0 Å². The molecule has 1 saturated heterocycles. The van der Waals surface area contributed by atoms with Gasteiger partial charge in [0.15, 0.2) is 12.4 Å². The lowest BCUT2D eigenvalue weighted by molar-refractivity contribution is -0.291. The van der Waals surface area contributed by atoms with Crippen LogP contribution < -0.4 is 0 Å². The van der Waals surface area contributed by atoms with Gasteiger partial charge in [0.1, 0.15) is 18.3 Å². The maximum absolute atomic E-state index is 11.3. The van der Waals surface area contributed by atoms with Gasteiger partial charge in [-0.15, -0.1) is 0 Å². The van der Waals surface area contributed by atoms with E-state index in [-0.39, 0.29) is 5.57 Å². The molecule has 2 rings (SSSR count). The van der Waals surface area contributed by atoms with Crippen molar-refractivity contribution >= 4 is 18.0 Å². The summed E-state index contributed by atoms with van der Waals surface area (Å²) in [6.45, 7) is -0.513. The van der Waals surface area contributed by atoms with E-state index in [0.717, 1.165) is 0 Å². The third-order valence-electron chi connectivity index (χ3n) is 3.63. The zero-order valence-corrected chi connectivity index (χ0v) is 12.9. The van der Waals surface area contributed by atoms with Crippen molar-refractivity contribution in [3.63, 3.8) is 0 Å². The lowest BCUT2D eigenvalue weighted by Crippen LogP contribution is -2.60. The molecular weight excluding hydrogens is 336 g/mol. The summed E-state index contributed by atoms with van der Waals surface area (Å²) in [6, 6.07) is 8.55. The summed E-state index contributed by atoms with van der Waals surface area (Å²) >= 11 is 0. The minimum absolute atomic E-state index is 0.172. The lowest BCUT2D eigenvalue weighted by Gasteiger charge is -2.38. The highest BCUT2D eigenvalue weighted by Crippen LogP contribution is 2.23. The summed E-state index contributed by atoms with van der Waals surface area (Å²) in [6.07, 6.45) is -7.47. The average Bonchev–Trinajstić information content (AvgIpc) is 2.58. The number of carbonyl (C=O) groups is 2. The quantitative estimate of drug-likeness (QED) is 0.407. The second kappa shape index (κ2) is 8.19. The number of aliphatic hydroxyl groups excluding tert-OH is 3. The zero-order chi connectivity index (χ0) is 18.6. The molecule has 0 saturated carbocycles. The molecule has 0 bridgehead atoms. The third-order valence-corrected chi connectivity index (χ3v) is 3.63. The normalized spacial score (nSPS) is 30.0. The topological polar surface area (TPSA) is 154 Å². The van der Waals surface area contributed by atoms with E-state index in [4.69, 9.17) is 14.6 Å². The maximum Gasteiger partial charge on any atom is 0.335 e. The fourth-order valence-electron chi connectivity index (χ4n) is 2.28. The molecular formula is C16H18O9. The van der Waals surface area contributed by atoms with E-state index in [2.05, 4.69) is 0 Å². The second-order valence-corrected chi connectivity index (χ2v) is 5.43. The van der Waals surface area contributed by atoms with Crippen LogP contribution in [0.5, 0.6) is 0 Å². The van der Waals surface area contributed by atoms with Gasteiger partial charge in [0.25, 0.3) is 0 Å². The molecule has 0 aliphatic carbocycles. The van der Waals surface area contributed by atoms with E-state index in [1.165, 1.54) is 6.08 Å². The Labute approximate surface area is 142 Å². The molecule has 1 aromatic rings. The monoisotopic (exact) mass is 354 g/mol. The molecule has 136 valence electrons. The molecule has 25 heavy (non-hydrogen) atoms. The van der Waals surface area contributed by atoms with Gasteiger partial charge in [-0.3, -0.25) is 0 Å². The van der Waals surface area contributed by atoms with Gasteiger partial charge in [-0.25, -0.2) is 9.59 Å². The Hall–Kier alpha value is -2.30. The average molecular weight is 354 g/mol. The number of aliphatic hydroxyl groups is 3. The number of ether oxygens (including phenoxy) is 2. The van der Waals surface area contributed by atoms with Crippen molar-refractivity contribution in [2.75, 3.05) is 6.61 Å². The first-order valence-corrected chi connectivity index (χ1v) is 7.34. The van der Waals surface area contributed by atoms with E-state index >= 15 is 0 Å². The van der Waals surface area contributed by atoms with Crippen molar-refractivity contribution in [2.24, 2.45) is 0 Å². The van der Waals surface area contributed by atoms with Gasteiger partial charge in [0, 0.05) is 0 Å². The van der Waals surface area contributed by atoms with Gasteiger partial charge in [0.05, 0.1) is 12.2 Å². The lowest BCUT2D eigenvalue weighted by atomic mass is 9.99. The summed E-state index contributed by atoms with van der Waals surface area (Å²) in [5.74, 6) is -2.82. The fraction of sp³-hybridized carbons (Fsp3) is 0.375. The number of hydrogen-bond donors (Lipinski definition) is 5. The first kappa shape index (κ1) is 19.0. The van der Waals surface area contributed by atoms with Gasteiger partial charge in [0.2, 0.25) is 0 Å². The summed E-state index contributed by atoms with van der Waals surface area (Å²) in [7, 11) is 0. The molecule has 1 aromatic carbocycles. The number of benzene rings is 1. The molecule has 5 unspecified atom stereocenters. The van der Waals surface area contributed by atoms with Crippen molar-refractivity contribution in [1.82, 2.24) is 0 Å². The Balaban J connectivity index is 2.10. The summed E-state index contributed by atoms with van der Waals surface area (Å²) in [4.78, 5) is 22.3. The van der Waals surface area contributed by atoms with Crippen LogP contribution >= 0.6 is 0 Å². The molecule has 1 aliphatic heterocycles. The second-order valence-electron chi connectivity index (χ2n) is 5.43. The summed E-state index contributed by atoms with van der Waals surface area (Å²) in [5.41, 5.74) is 0.432. The molecule has 1 heterocycles. The predicted molar refractivity (Wildman–Crippen MR) is 82.3 cm³/mol. The smallest absolute Gasteiger partial charge is 0.335 e. The van der Waals surface area contributed by atoms with Crippen molar-refractivity contribution in [2.45, 2.75) is 30.7 Å². The van der Waals surface area contributed by atoms with E-state index in [9.17, 15) is 30.0 Å². The molecule has 1 fully saturated rings. The minimum Gasteiger partial charge on any atom is -0.479 e. The van der Waals surface area contributed by atoms with E-state index < -0.39 is 49.3 Å². The van der Waals surface area contributed by atoms with Crippen LogP contribution in [0.15, 0.2) is 35.9 Å².